The first-order valence-electron chi connectivity index (χ1n) is 6.72. The highest BCUT2D eigenvalue weighted by Gasteiger charge is 2.29. The fourth-order valence-electron chi connectivity index (χ4n) is 2.72. The summed E-state index contributed by atoms with van der Waals surface area (Å²) in [5.74, 6) is 0.116. The summed E-state index contributed by atoms with van der Waals surface area (Å²) >= 11 is 0. The quantitative estimate of drug-likeness (QED) is 0.867. The predicted molar refractivity (Wildman–Crippen MR) is 71.2 cm³/mol. The molecule has 0 amide bonds. The van der Waals surface area contributed by atoms with Crippen molar-refractivity contribution in [1.82, 2.24) is 9.64 Å². The van der Waals surface area contributed by atoms with Crippen molar-refractivity contribution >= 4 is 5.91 Å². The van der Waals surface area contributed by atoms with E-state index in [2.05, 4.69) is 11.8 Å². The lowest BCUT2D eigenvalue weighted by atomic mass is 9.96. The van der Waals surface area contributed by atoms with Crippen molar-refractivity contribution < 1.29 is 9.32 Å². The molecule has 0 saturated carbocycles. The molecule has 0 aromatic carbocycles. The van der Waals surface area contributed by atoms with Gasteiger partial charge in [-0.05, 0) is 26.7 Å². The van der Waals surface area contributed by atoms with E-state index in [1.54, 1.807) is 6.92 Å². The molecular weight excluding hydrogens is 246 g/mol. The van der Waals surface area contributed by atoms with Gasteiger partial charge in [-0.3, -0.25) is 14.5 Å². The van der Waals surface area contributed by atoms with E-state index >= 15 is 0 Å². The SMILES string of the molecule is Cc1cc(=O)n(C(=O)CN2C(C)CCCC2CN)o1. The maximum atomic E-state index is 12.1. The number of nitrogens with two attached hydrogens (primary N) is 1. The number of aryl methyl sites for hydroxylation is 1. The molecule has 1 saturated heterocycles. The molecule has 0 aliphatic carbocycles. The van der Waals surface area contributed by atoms with E-state index in [-0.39, 0.29) is 18.5 Å². The first kappa shape index (κ1) is 14.0. The van der Waals surface area contributed by atoms with Crippen LogP contribution in [0.4, 0.5) is 0 Å². The maximum absolute atomic E-state index is 12.1. The third kappa shape index (κ3) is 2.96. The highest BCUT2D eigenvalue weighted by atomic mass is 16.5. The summed E-state index contributed by atoms with van der Waals surface area (Å²) < 4.78 is 5.96. The van der Waals surface area contributed by atoms with E-state index in [0.29, 0.717) is 18.3 Å². The minimum Gasteiger partial charge on any atom is -0.373 e. The Morgan fingerprint density at radius 2 is 2.26 bits per heavy atom. The number of hydrogen-bond donors (Lipinski definition) is 1. The number of carbonyl (C=O) groups excluding carboxylic acids is 1. The monoisotopic (exact) mass is 267 g/mol. The number of carbonyl (C=O) groups is 1. The fourth-order valence-corrected chi connectivity index (χ4v) is 2.72. The van der Waals surface area contributed by atoms with Gasteiger partial charge in [-0.15, -0.1) is 4.74 Å². The van der Waals surface area contributed by atoms with Crippen LogP contribution in [0, 0.1) is 6.92 Å². The van der Waals surface area contributed by atoms with Crippen LogP contribution in [0.2, 0.25) is 0 Å². The number of likely N-dealkylation sites (tertiary alicyclic amines) is 1. The lowest BCUT2D eigenvalue weighted by Gasteiger charge is -2.39. The molecule has 2 rings (SSSR count). The van der Waals surface area contributed by atoms with Crippen LogP contribution >= 0.6 is 0 Å². The van der Waals surface area contributed by atoms with E-state index in [9.17, 15) is 9.59 Å². The minimum absolute atomic E-state index is 0.176. The first-order valence-corrected chi connectivity index (χ1v) is 6.72. The molecule has 0 spiro atoms. The van der Waals surface area contributed by atoms with E-state index in [0.717, 1.165) is 24.0 Å². The van der Waals surface area contributed by atoms with E-state index in [1.165, 1.54) is 6.07 Å². The van der Waals surface area contributed by atoms with Gasteiger partial charge in [0.1, 0.15) is 5.76 Å². The van der Waals surface area contributed by atoms with Gasteiger partial charge in [-0.25, -0.2) is 0 Å². The molecule has 2 heterocycles. The largest absolute Gasteiger partial charge is 0.373 e. The summed E-state index contributed by atoms with van der Waals surface area (Å²) in [6.45, 7) is 4.45. The van der Waals surface area contributed by atoms with Gasteiger partial charge >= 0.3 is 0 Å². The third-order valence-corrected chi connectivity index (χ3v) is 3.77. The van der Waals surface area contributed by atoms with E-state index < -0.39 is 5.56 Å². The average Bonchev–Trinajstić information content (AvgIpc) is 2.71. The topological polar surface area (TPSA) is 81.5 Å². The summed E-state index contributed by atoms with van der Waals surface area (Å²) in [7, 11) is 0. The lowest BCUT2D eigenvalue weighted by molar-refractivity contribution is 0.0535. The molecule has 2 unspecified atom stereocenters. The lowest BCUT2D eigenvalue weighted by Crippen LogP contribution is -2.51. The second kappa shape index (κ2) is 5.71. The Morgan fingerprint density at radius 3 is 2.84 bits per heavy atom. The zero-order valence-electron chi connectivity index (χ0n) is 11.5. The number of nitrogens with zero attached hydrogens (tertiary/aromatic N) is 2. The second-order valence-corrected chi connectivity index (χ2v) is 5.21. The minimum atomic E-state index is -0.406. The smallest absolute Gasteiger partial charge is 0.290 e. The first-order chi connectivity index (χ1) is 9.02. The number of hydrogen-bond acceptors (Lipinski definition) is 5. The average molecular weight is 267 g/mol. The zero-order chi connectivity index (χ0) is 14.0. The molecular formula is C13H21N3O3. The summed E-state index contributed by atoms with van der Waals surface area (Å²) in [5, 5.41) is 0. The molecule has 6 heteroatoms. The Morgan fingerprint density at radius 1 is 1.53 bits per heavy atom. The van der Waals surface area contributed by atoms with Gasteiger partial charge in [0.05, 0.1) is 6.54 Å². The molecule has 2 atom stereocenters. The van der Waals surface area contributed by atoms with Crippen LogP contribution in [0.25, 0.3) is 0 Å². The number of aromatic nitrogens is 1. The normalized spacial score (nSPS) is 24.6. The molecule has 106 valence electrons. The molecule has 19 heavy (non-hydrogen) atoms. The van der Waals surface area contributed by atoms with Gasteiger partial charge in [0.15, 0.2) is 0 Å². The van der Waals surface area contributed by atoms with Crippen molar-refractivity contribution in [2.45, 2.75) is 45.2 Å². The van der Waals surface area contributed by atoms with Crippen molar-refractivity contribution in [1.29, 1.82) is 0 Å². The maximum Gasteiger partial charge on any atom is 0.290 e. The highest BCUT2D eigenvalue weighted by Crippen LogP contribution is 2.21. The van der Waals surface area contributed by atoms with Crippen LogP contribution in [-0.2, 0) is 0 Å². The molecule has 1 aliphatic heterocycles. The van der Waals surface area contributed by atoms with Crippen LogP contribution in [0.5, 0.6) is 0 Å². The molecule has 1 fully saturated rings. The molecule has 1 aromatic heterocycles. The van der Waals surface area contributed by atoms with E-state index in [1.807, 2.05) is 0 Å². The molecule has 2 N–H and O–H groups in total. The molecule has 1 aliphatic rings. The predicted octanol–water partition coefficient (Wildman–Crippen LogP) is 0.592. The van der Waals surface area contributed by atoms with Crippen molar-refractivity contribution in [2.75, 3.05) is 13.1 Å². The van der Waals surface area contributed by atoms with Crippen molar-refractivity contribution in [3.05, 3.63) is 22.2 Å². The molecule has 6 nitrogen and oxygen atoms in total. The molecule has 1 aromatic rings. The van der Waals surface area contributed by atoms with Crippen molar-refractivity contribution in [3.63, 3.8) is 0 Å². The zero-order valence-corrected chi connectivity index (χ0v) is 11.5. The summed E-state index contributed by atoms with van der Waals surface area (Å²) in [6, 6.07) is 1.83. The van der Waals surface area contributed by atoms with Crippen LogP contribution < -0.4 is 11.3 Å². The van der Waals surface area contributed by atoms with E-state index in [4.69, 9.17) is 10.3 Å². The van der Waals surface area contributed by atoms with Crippen LogP contribution in [0.3, 0.4) is 0 Å². The highest BCUT2D eigenvalue weighted by molar-refractivity contribution is 5.79. The Labute approximate surface area is 112 Å². The van der Waals surface area contributed by atoms with Crippen LogP contribution in [-0.4, -0.2) is 40.7 Å². The molecule has 0 radical (unpaired) electrons. The summed E-state index contributed by atoms with van der Waals surface area (Å²) in [6.07, 6.45) is 3.18. The van der Waals surface area contributed by atoms with Gasteiger partial charge < -0.3 is 10.3 Å². The Hall–Kier alpha value is -1.40. The van der Waals surface area contributed by atoms with Crippen molar-refractivity contribution in [2.24, 2.45) is 5.73 Å². The van der Waals surface area contributed by atoms with Gasteiger partial charge in [-0.2, -0.15) is 0 Å². The van der Waals surface area contributed by atoms with Gasteiger partial charge in [0.2, 0.25) is 0 Å². The van der Waals surface area contributed by atoms with Crippen molar-refractivity contribution in [3.8, 4) is 0 Å². The summed E-state index contributed by atoms with van der Waals surface area (Å²) in [4.78, 5) is 25.8. The summed E-state index contributed by atoms with van der Waals surface area (Å²) in [5.41, 5.74) is 5.35. The Bertz CT molecular complexity index is 505. The van der Waals surface area contributed by atoms with Gasteiger partial charge in [0, 0.05) is 24.7 Å². The van der Waals surface area contributed by atoms with Gasteiger partial charge in [-0.1, -0.05) is 6.42 Å². The standard InChI is InChI=1S/C13H21N3O3/c1-9-4-3-5-11(7-14)15(9)8-13(18)16-12(17)6-10(2)19-16/h6,9,11H,3-5,7-8,14H2,1-2H3. The third-order valence-electron chi connectivity index (χ3n) is 3.77. The number of piperidine rings is 1. The number of rotatable bonds is 3. The fraction of sp³-hybridized carbons (Fsp3) is 0.692. The Balaban J connectivity index is 2.12. The molecule has 0 bridgehead atoms. The Kier molecular flexibility index (Phi) is 4.21. The van der Waals surface area contributed by atoms with Crippen LogP contribution in [0.15, 0.2) is 15.4 Å². The van der Waals surface area contributed by atoms with Gasteiger partial charge in [0.25, 0.3) is 11.5 Å². The van der Waals surface area contributed by atoms with Crippen LogP contribution in [0.1, 0.15) is 36.7 Å². The second-order valence-electron chi connectivity index (χ2n) is 5.21.